The van der Waals surface area contributed by atoms with Crippen molar-refractivity contribution < 1.29 is 4.74 Å². The van der Waals surface area contributed by atoms with Crippen molar-refractivity contribution in [2.24, 2.45) is 0 Å². The second-order valence-electron chi connectivity index (χ2n) is 7.08. The summed E-state index contributed by atoms with van der Waals surface area (Å²) in [4.78, 5) is 0. The van der Waals surface area contributed by atoms with Crippen molar-refractivity contribution in [3.63, 3.8) is 0 Å². The molecule has 0 amide bonds. The minimum atomic E-state index is -0.147. The summed E-state index contributed by atoms with van der Waals surface area (Å²) in [6.45, 7) is 15.9. The van der Waals surface area contributed by atoms with Gasteiger partial charge in [-0.25, -0.2) is 0 Å². The predicted octanol–water partition coefficient (Wildman–Crippen LogP) is 3.13. The standard InChI is InChI=1S/C16H28OSi/c1-15(2,3)12-9-11(18-8)10-13(14(12)17-7)16(4,5)6/h9-10H,18H2,1-8H3. The molecule has 1 aromatic carbocycles. The Morgan fingerprint density at radius 3 is 1.50 bits per heavy atom. The lowest BCUT2D eigenvalue weighted by molar-refractivity contribution is 0.382. The molecule has 1 nitrogen and oxygen atoms in total. The Balaban J connectivity index is 3.61. The molecule has 0 N–H and O–H groups in total. The third-order valence-electron chi connectivity index (χ3n) is 3.38. The number of hydrogen-bond donors (Lipinski definition) is 0. The fourth-order valence-electron chi connectivity index (χ4n) is 2.23. The first kappa shape index (κ1) is 15.3. The van der Waals surface area contributed by atoms with Crippen LogP contribution in [-0.4, -0.2) is 16.6 Å². The van der Waals surface area contributed by atoms with E-state index in [1.165, 1.54) is 16.3 Å². The van der Waals surface area contributed by atoms with Crippen molar-refractivity contribution >= 4 is 14.7 Å². The zero-order chi connectivity index (χ0) is 14.1. The van der Waals surface area contributed by atoms with E-state index >= 15 is 0 Å². The molecule has 2 heteroatoms. The van der Waals surface area contributed by atoms with Crippen LogP contribution in [0.2, 0.25) is 6.55 Å². The highest BCUT2D eigenvalue weighted by atomic mass is 28.2. The lowest BCUT2D eigenvalue weighted by atomic mass is 9.79. The summed E-state index contributed by atoms with van der Waals surface area (Å²) in [5.41, 5.74) is 2.96. The monoisotopic (exact) mass is 264 g/mol. The van der Waals surface area contributed by atoms with Crippen molar-refractivity contribution in [3.05, 3.63) is 23.3 Å². The van der Waals surface area contributed by atoms with Gasteiger partial charge in [-0.2, -0.15) is 0 Å². The Bertz CT molecular complexity index is 387. The molecule has 102 valence electrons. The molecular formula is C16H28OSi. The number of benzene rings is 1. The molecule has 18 heavy (non-hydrogen) atoms. The summed E-state index contributed by atoms with van der Waals surface area (Å²) in [5, 5.41) is 1.53. The molecule has 0 fully saturated rings. The zero-order valence-corrected chi connectivity index (χ0v) is 14.7. The molecular weight excluding hydrogens is 236 g/mol. The lowest BCUT2D eigenvalue weighted by Gasteiger charge is -2.30. The summed E-state index contributed by atoms with van der Waals surface area (Å²) < 4.78 is 5.74. The van der Waals surface area contributed by atoms with E-state index in [-0.39, 0.29) is 20.3 Å². The molecule has 0 aromatic heterocycles. The molecule has 0 unspecified atom stereocenters. The van der Waals surface area contributed by atoms with Crippen LogP contribution in [-0.2, 0) is 10.8 Å². The first-order valence-electron chi connectivity index (χ1n) is 6.83. The second-order valence-corrected chi connectivity index (χ2v) is 8.60. The highest BCUT2D eigenvalue weighted by Gasteiger charge is 2.26. The maximum atomic E-state index is 5.74. The van der Waals surface area contributed by atoms with Gasteiger partial charge in [-0.3, -0.25) is 0 Å². The van der Waals surface area contributed by atoms with E-state index in [1.54, 1.807) is 7.11 Å². The highest BCUT2D eigenvalue weighted by molar-refractivity contribution is 6.52. The van der Waals surface area contributed by atoms with E-state index in [4.69, 9.17) is 4.74 Å². The van der Waals surface area contributed by atoms with Crippen LogP contribution >= 0.6 is 0 Å². The van der Waals surface area contributed by atoms with Crippen LogP contribution in [0.5, 0.6) is 5.75 Å². The molecule has 0 heterocycles. The largest absolute Gasteiger partial charge is 0.496 e. The van der Waals surface area contributed by atoms with Crippen LogP contribution in [0.3, 0.4) is 0 Å². The van der Waals surface area contributed by atoms with Crippen molar-refractivity contribution in [2.75, 3.05) is 7.11 Å². The van der Waals surface area contributed by atoms with Gasteiger partial charge in [-0.05, 0) is 22.0 Å². The smallest absolute Gasteiger partial charge is 0.126 e. The van der Waals surface area contributed by atoms with E-state index in [0.29, 0.717) is 0 Å². The molecule has 0 spiro atoms. The molecule has 0 bridgehead atoms. The van der Waals surface area contributed by atoms with Gasteiger partial charge in [-0.15, -0.1) is 0 Å². The summed E-state index contributed by atoms with van der Waals surface area (Å²) in [7, 11) is 1.65. The van der Waals surface area contributed by atoms with Crippen molar-refractivity contribution in [1.29, 1.82) is 0 Å². The van der Waals surface area contributed by atoms with Crippen LogP contribution in [0.25, 0.3) is 0 Å². The quantitative estimate of drug-likeness (QED) is 0.746. The summed E-state index contributed by atoms with van der Waals surface area (Å²) in [6, 6.07) is 4.72. The molecule has 0 aliphatic heterocycles. The van der Waals surface area contributed by atoms with Gasteiger partial charge >= 0.3 is 0 Å². The second kappa shape index (κ2) is 5.08. The minimum absolute atomic E-state index is 0.130. The number of rotatable bonds is 2. The van der Waals surface area contributed by atoms with Gasteiger partial charge in [0, 0.05) is 0 Å². The van der Waals surface area contributed by atoms with Crippen LogP contribution in [0, 0.1) is 0 Å². The molecule has 0 saturated carbocycles. The third-order valence-corrected chi connectivity index (χ3v) is 4.60. The Morgan fingerprint density at radius 1 is 0.889 bits per heavy atom. The summed E-state index contributed by atoms with van der Waals surface area (Å²) in [6.07, 6.45) is 0. The summed E-state index contributed by atoms with van der Waals surface area (Å²) >= 11 is 0. The Kier molecular flexibility index (Phi) is 4.32. The SMILES string of the molecule is COc1c(C(C)(C)C)cc([SiH2]C)cc1C(C)(C)C. The van der Waals surface area contributed by atoms with Crippen LogP contribution in [0.1, 0.15) is 52.7 Å². The average Bonchev–Trinajstić information content (AvgIpc) is 2.24. The van der Waals surface area contributed by atoms with Gasteiger partial charge < -0.3 is 4.74 Å². The Labute approximate surface area is 115 Å². The molecule has 0 radical (unpaired) electrons. The van der Waals surface area contributed by atoms with Crippen molar-refractivity contribution in [2.45, 2.75) is 58.9 Å². The van der Waals surface area contributed by atoms with Gasteiger partial charge in [0.25, 0.3) is 0 Å². The first-order valence-corrected chi connectivity index (χ1v) is 8.95. The lowest BCUT2D eigenvalue weighted by Crippen LogP contribution is -2.24. The van der Waals surface area contributed by atoms with Gasteiger partial charge in [0.05, 0.1) is 16.6 Å². The minimum Gasteiger partial charge on any atom is -0.496 e. The van der Waals surface area contributed by atoms with Crippen LogP contribution in [0.4, 0.5) is 0 Å². The fraction of sp³-hybridized carbons (Fsp3) is 0.625. The Morgan fingerprint density at radius 2 is 1.28 bits per heavy atom. The number of hydrogen-bond acceptors (Lipinski definition) is 1. The zero-order valence-electron chi connectivity index (χ0n) is 13.3. The van der Waals surface area contributed by atoms with Gasteiger partial charge in [0.15, 0.2) is 0 Å². The van der Waals surface area contributed by atoms with Crippen molar-refractivity contribution in [1.82, 2.24) is 0 Å². The third kappa shape index (κ3) is 3.17. The maximum Gasteiger partial charge on any atom is 0.126 e. The highest BCUT2D eigenvalue weighted by Crippen LogP contribution is 2.38. The maximum absolute atomic E-state index is 5.74. The van der Waals surface area contributed by atoms with Crippen LogP contribution in [0.15, 0.2) is 12.1 Å². The first-order chi connectivity index (χ1) is 8.11. The normalized spacial score (nSPS) is 13.3. The molecule has 1 rings (SSSR count). The van der Waals surface area contributed by atoms with E-state index in [2.05, 4.69) is 60.2 Å². The van der Waals surface area contributed by atoms with E-state index in [0.717, 1.165) is 5.75 Å². The van der Waals surface area contributed by atoms with E-state index in [1.807, 2.05) is 0 Å². The molecule has 0 aliphatic carbocycles. The number of ether oxygens (including phenoxy) is 1. The topological polar surface area (TPSA) is 9.23 Å². The molecule has 0 atom stereocenters. The predicted molar refractivity (Wildman–Crippen MR) is 84.4 cm³/mol. The molecule has 0 aliphatic rings. The van der Waals surface area contributed by atoms with E-state index < -0.39 is 0 Å². The molecule has 0 saturated heterocycles. The van der Waals surface area contributed by atoms with Gasteiger partial charge in [0.1, 0.15) is 5.75 Å². The average molecular weight is 264 g/mol. The number of methoxy groups -OCH3 is 1. The van der Waals surface area contributed by atoms with Gasteiger partial charge in [-0.1, -0.05) is 65.4 Å². The van der Waals surface area contributed by atoms with Crippen molar-refractivity contribution in [3.8, 4) is 5.75 Å². The Hall–Kier alpha value is -0.763. The summed E-state index contributed by atoms with van der Waals surface area (Å²) in [5.74, 6) is 1.08. The molecule has 1 aromatic rings. The van der Waals surface area contributed by atoms with Crippen LogP contribution < -0.4 is 9.92 Å². The fourth-order valence-corrected chi connectivity index (χ4v) is 3.04. The van der Waals surface area contributed by atoms with E-state index in [9.17, 15) is 0 Å². The van der Waals surface area contributed by atoms with Gasteiger partial charge in [0.2, 0.25) is 0 Å².